The molecule has 1 heterocycles. The van der Waals surface area contributed by atoms with Gasteiger partial charge in [0.05, 0.1) is 20.8 Å². The van der Waals surface area contributed by atoms with E-state index in [9.17, 15) is 0 Å². The first-order valence-electron chi connectivity index (χ1n) is 6.40. The Balaban J connectivity index is 1.74. The second kappa shape index (κ2) is 6.88. The molecule has 0 amide bonds. The molecule has 0 aliphatic heterocycles. The number of benzene rings is 2. The number of para-hydroxylation sites is 1. The van der Waals surface area contributed by atoms with Gasteiger partial charge in [0.15, 0.2) is 0 Å². The van der Waals surface area contributed by atoms with Crippen LogP contribution in [0.3, 0.4) is 0 Å². The Bertz CT molecular complexity index is 804. The summed E-state index contributed by atoms with van der Waals surface area (Å²) in [5.74, 6) is 0.649. The maximum atomic E-state index is 6.05. The van der Waals surface area contributed by atoms with Crippen LogP contribution in [-0.4, -0.2) is 4.98 Å². The number of ether oxygens (including phenoxy) is 1. The fraction of sp³-hybridized carbons (Fsp3) is 0.0625. The first-order valence-corrected chi connectivity index (χ1v) is 8.42. The zero-order valence-electron chi connectivity index (χ0n) is 11.2. The molecule has 3 rings (SSSR count). The molecule has 0 atom stereocenters. The van der Waals surface area contributed by atoms with Crippen LogP contribution in [0.4, 0.5) is 0 Å². The smallest absolute Gasteiger partial charge is 0.140 e. The zero-order valence-corrected chi connectivity index (χ0v) is 14.3. The summed E-state index contributed by atoms with van der Waals surface area (Å²) in [4.78, 5) is 4.54. The number of halogens is 3. The minimum absolute atomic E-state index is 0.371. The van der Waals surface area contributed by atoms with Crippen LogP contribution in [0.2, 0.25) is 15.1 Å². The predicted octanol–water partition coefficient (Wildman–Crippen LogP) is 6.35. The van der Waals surface area contributed by atoms with E-state index in [1.54, 1.807) is 18.2 Å². The second-order valence-corrected chi connectivity index (χ2v) is 6.64. The fourth-order valence-corrected chi connectivity index (χ4v) is 3.07. The van der Waals surface area contributed by atoms with Gasteiger partial charge in [-0.25, -0.2) is 4.98 Å². The number of aromatic nitrogens is 1. The van der Waals surface area contributed by atoms with Gasteiger partial charge in [-0.1, -0.05) is 53.0 Å². The quantitative estimate of drug-likeness (QED) is 0.534. The summed E-state index contributed by atoms with van der Waals surface area (Å²) in [6.07, 6.45) is 0. The summed E-state index contributed by atoms with van der Waals surface area (Å²) in [5, 5.41) is 4.46. The molecule has 22 heavy (non-hydrogen) atoms. The van der Waals surface area contributed by atoms with Crippen molar-refractivity contribution >= 4 is 46.1 Å². The van der Waals surface area contributed by atoms with Gasteiger partial charge < -0.3 is 4.74 Å². The van der Waals surface area contributed by atoms with Crippen LogP contribution in [0.25, 0.3) is 11.3 Å². The molecule has 0 aliphatic carbocycles. The van der Waals surface area contributed by atoms with Crippen molar-refractivity contribution < 1.29 is 4.74 Å². The van der Waals surface area contributed by atoms with Gasteiger partial charge in [0.25, 0.3) is 0 Å². The Hall–Kier alpha value is -1.26. The summed E-state index contributed by atoms with van der Waals surface area (Å²) in [6, 6.07) is 12.8. The molecule has 1 aromatic heterocycles. The number of rotatable bonds is 4. The van der Waals surface area contributed by atoms with Crippen molar-refractivity contribution in [2.75, 3.05) is 0 Å². The first-order chi connectivity index (χ1) is 10.6. The molecule has 6 heteroatoms. The lowest BCUT2D eigenvalue weighted by molar-refractivity contribution is 0.306. The van der Waals surface area contributed by atoms with Gasteiger partial charge in [0.1, 0.15) is 17.4 Å². The van der Waals surface area contributed by atoms with E-state index in [4.69, 9.17) is 39.5 Å². The van der Waals surface area contributed by atoms with Crippen molar-refractivity contribution in [1.29, 1.82) is 0 Å². The van der Waals surface area contributed by atoms with Gasteiger partial charge in [-0.15, -0.1) is 11.3 Å². The van der Waals surface area contributed by atoms with E-state index in [1.165, 1.54) is 11.3 Å². The SMILES string of the molecule is Clc1ccc(-c2csc(COc3ccccc3Cl)n2)cc1Cl. The van der Waals surface area contributed by atoms with Crippen molar-refractivity contribution in [2.24, 2.45) is 0 Å². The molecule has 0 fully saturated rings. The molecule has 0 unspecified atom stereocenters. The second-order valence-electron chi connectivity index (χ2n) is 4.47. The number of nitrogens with zero attached hydrogens (tertiary/aromatic N) is 1. The normalized spacial score (nSPS) is 10.7. The Morgan fingerprint density at radius 1 is 0.955 bits per heavy atom. The molecule has 112 valence electrons. The molecule has 0 radical (unpaired) electrons. The fourth-order valence-electron chi connectivity index (χ4n) is 1.87. The number of hydrogen-bond acceptors (Lipinski definition) is 3. The molecule has 0 aliphatic rings. The Morgan fingerprint density at radius 2 is 1.77 bits per heavy atom. The minimum atomic E-state index is 0.371. The maximum absolute atomic E-state index is 6.05. The highest BCUT2D eigenvalue weighted by atomic mass is 35.5. The maximum Gasteiger partial charge on any atom is 0.140 e. The summed E-state index contributed by atoms with van der Waals surface area (Å²) in [5.41, 5.74) is 1.77. The van der Waals surface area contributed by atoms with Gasteiger partial charge in [-0.2, -0.15) is 0 Å². The highest BCUT2D eigenvalue weighted by Gasteiger charge is 2.08. The average molecular weight is 371 g/mol. The van der Waals surface area contributed by atoms with Crippen molar-refractivity contribution in [2.45, 2.75) is 6.61 Å². The van der Waals surface area contributed by atoms with Crippen LogP contribution in [0.1, 0.15) is 5.01 Å². The highest BCUT2D eigenvalue weighted by Crippen LogP contribution is 2.30. The van der Waals surface area contributed by atoms with Crippen LogP contribution >= 0.6 is 46.1 Å². The van der Waals surface area contributed by atoms with E-state index in [2.05, 4.69) is 4.98 Å². The Kier molecular flexibility index (Phi) is 4.89. The third kappa shape index (κ3) is 3.55. The van der Waals surface area contributed by atoms with Crippen LogP contribution in [0.15, 0.2) is 47.8 Å². The molecule has 0 N–H and O–H groups in total. The van der Waals surface area contributed by atoms with Gasteiger partial charge in [-0.3, -0.25) is 0 Å². The molecule has 0 saturated carbocycles. The molecule has 0 spiro atoms. The minimum Gasteiger partial charge on any atom is -0.485 e. The van der Waals surface area contributed by atoms with E-state index in [1.807, 2.05) is 29.6 Å². The third-order valence-corrected chi connectivity index (χ3v) is 4.83. The molecule has 2 nitrogen and oxygen atoms in total. The third-order valence-electron chi connectivity index (χ3n) is 2.95. The lowest BCUT2D eigenvalue weighted by Crippen LogP contribution is -1.95. The van der Waals surface area contributed by atoms with Crippen molar-refractivity contribution in [3.63, 3.8) is 0 Å². The summed E-state index contributed by atoms with van der Waals surface area (Å²) in [7, 11) is 0. The predicted molar refractivity (Wildman–Crippen MR) is 93.4 cm³/mol. The summed E-state index contributed by atoms with van der Waals surface area (Å²) < 4.78 is 5.68. The number of thiazole rings is 1. The molecular formula is C16H10Cl3NOS. The van der Waals surface area contributed by atoms with Crippen LogP contribution in [-0.2, 0) is 6.61 Å². The summed E-state index contributed by atoms with van der Waals surface area (Å²) >= 11 is 19.5. The van der Waals surface area contributed by atoms with Crippen molar-refractivity contribution in [3.8, 4) is 17.0 Å². The van der Waals surface area contributed by atoms with E-state index in [-0.39, 0.29) is 0 Å². The van der Waals surface area contributed by atoms with Gasteiger partial charge >= 0.3 is 0 Å². The Morgan fingerprint density at radius 3 is 2.55 bits per heavy atom. The molecular weight excluding hydrogens is 361 g/mol. The van der Waals surface area contributed by atoms with E-state index in [0.29, 0.717) is 27.4 Å². The lowest BCUT2D eigenvalue weighted by Gasteiger charge is -2.05. The molecule has 0 saturated heterocycles. The monoisotopic (exact) mass is 369 g/mol. The highest BCUT2D eigenvalue weighted by molar-refractivity contribution is 7.09. The van der Waals surface area contributed by atoms with Crippen LogP contribution < -0.4 is 4.74 Å². The lowest BCUT2D eigenvalue weighted by atomic mass is 10.2. The zero-order chi connectivity index (χ0) is 15.5. The molecule has 0 bridgehead atoms. The largest absolute Gasteiger partial charge is 0.485 e. The van der Waals surface area contributed by atoms with Gasteiger partial charge in [0.2, 0.25) is 0 Å². The standard InChI is InChI=1S/C16H10Cl3NOS/c17-11-6-5-10(7-13(11)19)14-9-22-16(20-14)8-21-15-4-2-1-3-12(15)18/h1-7,9H,8H2. The van der Waals surface area contributed by atoms with E-state index >= 15 is 0 Å². The average Bonchev–Trinajstić information content (AvgIpc) is 2.98. The van der Waals surface area contributed by atoms with Crippen LogP contribution in [0, 0.1) is 0 Å². The van der Waals surface area contributed by atoms with Gasteiger partial charge in [-0.05, 0) is 24.3 Å². The topological polar surface area (TPSA) is 22.1 Å². The molecule has 2 aromatic carbocycles. The van der Waals surface area contributed by atoms with Crippen LogP contribution in [0.5, 0.6) is 5.75 Å². The van der Waals surface area contributed by atoms with Crippen molar-refractivity contribution in [1.82, 2.24) is 4.98 Å². The summed E-state index contributed by atoms with van der Waals surface area (Å²) in [6.45, 7) is 0.371. The Labute approximate surface area is 147 Å². The van der Waals surface area contributed by atoms with Crippen molar-refractivity contribution in [3.05, 3.63) is 67.9 Å². The van der Waals surface area contributed by atoms with Gasteiger partial charge in [0, 0.05) is 10.9 Å². The first kappa shape index (κ1) is 15.6. The molecule has 3 aromatic rings. The number of hydrogen-bond donors (Lipinski definition) is 0. The van der Waals surface area contributed by atoms with E-state index < -0.39 is 0 Å². The van der Waals surface area contributed by atoms with E-state index in [0.717, 1.165) is 16.3 Å².